The standard InChI is InChI=1S/C7H6IN5O/c1-3(14)11-7-12-5(8)4-6(13-7)10-2-9-4/h2H,1H3,(H2,9,10,11,12,13,14). The molecule has 0 radical (unpaired) electrons. The lowest BCUT2D eigenvalue weighted by Gasteiger charge is -2.00. The molecular weight excluding hydrogens is 297 g/mol. The monoisotopic (exact) mass is 303 g/mol. The lowest BCUT2D eigenvalue weighted by Crippen LogP contribution is -2.10. The van der Waals surface area contributed by atoms with E-state index < -0.39 is 0 Å². The van der Waals surface area contributed by atoms with Crippen LogP contribution in [0.3, 0.4) is 0 Å². The third kappa shape index (κ3) is 1.67. The van der Waals surface area contributed by atoms with Crippen molar-refractivity contribution in [3.05, 3.63) is 10.0 Å². The van der Waals surface area contributed by atoms with Gasteiger partial charge in [0.1, 0.15) is 9.22 Å². The first-order valence-electron chi connectivity index (χ1n) is 3.81. The van der Waals surface area contributed by atoms with Gasteiger partial charge in [-0.05, 0) is 22.6 Å². The maximum Gasteiger partial charge on any atom is 0.232 e. The van der Waals surface area contributed by atoms with E-state index in [9.17, 15) is 4.79 Å². The minimum atomic E-state index is -0.198. The van der Waals surface area contributed by atoms with E-state index >= 15 is 0 Å². The van der Waals surface area contributed by atoms with Gasteiger partial charge in [-0.3, -0.25) is 10.1 Å². The Morgan fingerprint density at radius 2 is 2.36 bits per heavy atom. The minimum Gasteiger partial charge on any atom is -0.341 e. The van der Waals surface area contributed by atoms with Crippen molar-refractivity contribution in [2.75, 3.05) is 5.32 Å². The lowest BCUT2D eigenvalue weighted by atomic mass is 10.5. The average Bonchev–Trinajstić information content (AvgIpc) is 2.50. The van der Waals surface area contributed by atoms with E-state index in [0.29, 0.717) is 5.65 Å². The highest BCUT2D eigenvalue weighted by Gasteiger charge is 2.07. The van der Waals surface area contributed by atoms with Gasteiger partial charge in [0.25, 0.3) is 0 Å². The molecule has 72 valence electrons. The Morgan fingerprint density at radius 1 is 1.57 bits per heavy atom. The predicted octanol–water partition coefficient (Wildman–Crippen LogP) is 0.916. The second-order valence-electron chi connectivity index (χ2n) is 2.62. The molecule has 0 fully saturated rings. The molecule has 6 nitrogen and oxygen atoms in total. The summed E-state index contributed by atoms with van der Waals surface area (Å²) in [6, 6.07) is 0. The molecule has 1 amide bonds. The number of carbonyl (C=O) groups is 1. The molecular formula is C7H6IN5O. The molecule has 0 unspecified atom stereocenters. The number of aromatic amines is 1. The van der Waals surface area contributed by atoms with Crippen LogP contribution in [0.5, 0.6) is 0 Å². The number of amides is 1. The fourth-order valence-electron chi connectivity index (χ4n) is 1.01. The summed E-state index contributed by atoms with van der Waals surface area (Å²) in [4.78, 5) is 25.8. The third-order valence-corrected chi connectivity index (χ3v) is 2.31. The zero-order valence-electron chi connectivity index (χ0n) is 7.21. The number of nitrogens with zero attached hydrogens (tertiary/aromatic N) is 3. The van der Waals surface area contributed by atoms with Gasteiger partial charge in [0.2, 0.25) is 11.9 Å². The summed E-state index contributed by atoms with van der Waals surface area (Å²) in [5.41, 5.74) is 1.33. The van der Waals surface area contributed by atoms with Crippen LogP contribution in [-0.2, 0) is 4.79 Å². The van der Waals surface area contributed by atoms with Crippen LogP contribution in [0.15, 0.2) is 6.33 Å². The maximum absolute atomic E-state index is 10.8. The smallest absolute Gasteiger partial charge is 0.232 e. The largest absolute Gasteiger partial charge is 0.341 e. The zero-order chi connectivity index (χ0) is 10.1. The molecule has 2 aromatic heterocycles. The Kier molecular flexibility index (Phi) is 2.32. The van der Waals surface area contributed by atoms with Crippen LogP contribution in [0.1, 0.15) is 6.92 Å². The number of halogens is 1. The van der Waals surface area contributed by atoms with Gasteiger partial charge in [-0.15, -0.1) is 0 Å². The summed E-state index contributed by atoms with van der Waals surface area (Å²) >= 11 is 2.05. The Labute approximate surface area is 92.7 Å². The highest BCUT2D eigenvalue weighted by Crippen LogP contribution is 2.15. The summed E-state index contributed by atoms with van der Waals surface area (Å²) in [5, 5.41) is 2.51. The van der Waals surface area contributed by atoms with Crippen molar-refractivity contribution < 1.29 is 4.79 Å². The first kappa shape index (κ1) is 9.31. The summed E-state index contributed by atoms with van der Waals surface area (Å²) < 4.78 is 0.730. The molecule has 0 aliphatic carbocycles. The van der Waals surface area contributed by atoms with Crippen molar-refractivity contribution in [2.24, 2.45) is 0 Å². The number of carbonyl (C=O) groups excluding carboxylic acids is 1. The highest BCUT2D eigenvalue weighted by atomic mass is 127. The van der Waals surface area contributed by atoms with Gasteiger partial charge in [-0.2, -0.15) is 4.98 Å². The normalized spacial score (nSPS) is 10.4. The zero-order valence-corrected chi connectivity index (χ0v) is 9.36. The predicted molar refractivity (Wildman–Crippen MR) is 58.7 cm³/mol. The van der Waals surface area contributed by atoms with Crippen molar-refractivity contribution in [3.63, 3.8) is 0 Å². The van der Waals surface area contributed by atoms with E-state index in [1.807, 2.05) is 0 Å². The highest BCUT2D eigenvalue weighted by molar-refractivity contribution is 14.1. The first-order chi connectivity index (χ1) is 6.66. The number of nitrogens with one attached hydrogen (secondary N) is 2. The number of rotatable bonds is 1. The van der Waals surface area contributed by atoms with Crippen molar-refractivity contribution in [2.45, 2.75) is 6.92 Å². The Bertz CT molecular complexity index is 494. The summed E-state index contributed by atoms with van der Waals surface area (Å²) in [6.45, 7) is 1.41. The fraction of sp³-hybridized carbons (Fsp3) is 0.143. The number of fused-ring (bicyclic) bond motifs is 1. The first-order valence-corrected chi connectivity index (χ1v) is 4.89. The third-order valence-electron chi connectivity index (χ3n) is 1.53. The molecule has 0 saturated heterocycles. The Morgan fingerprint density at radius 3 is 3.07 bits per heavy atom. The van der Waals surface area contributed by atoms with Crippen LogP contribution in [0.2, 0.25) is 0 Å². The van der Waals surface area contributed by atoms with Crippen LogP contribution < -0.4 is 5.32 Å². The molecule has 0 aliphatic rings. The topological polar surface area (TPSA) is 83.6 Å². The van der Waals surface area contributed by atoms with Gasteiger partial charge >= 0.3 is 0 Å². The van der Waals surface area contributed by atoms with Crippen molar-refractivity contribution in [3.8, 4) is 0 Å². The van der Waals surface area contributed by atoms with E-state index in [0.717, 1.165) is 9.22 Å². The van der Waals surface area contributed by atoms with Crippen LogP contribution in [0, 0.1) is 3.70 Å². The summed E-state index contributed by atoms with van der Waals surface area (Å²) in [5.74, 6) is 0.0807. The van der Waals surface area contributed by atoms with Gasteiger partial charge in [-0.1, -0.05) is 0 Å². The maximum atomic E-state index is 10.8. The SMILES string of the molecule is CC(=O)Nc1nc(I)c2[nH]cnc2n1. The summed E-state index contributed by atoms with van der Waals surface area (Å²) in [7, 11) is 0. The number of anilines is 1. The van der Waals surface area contributed by atoms with Gasteiger partial charge in [0.05, 0.1) is 6.33 Å². The molecule has 2 N–H and O–H groups in total. The minimum absolute atomic E-state index is 0.198. The van der Waals surface area contributed by atoms with E-state index in [4.69, 9.17) is 0 Å². The van der Waals surface area contributed by atoms with E-state index in [-0.39, 0.29) is 11.9 Å². The quantitative estimate of drug-likeness (QED) is 0.606. The van der Waals surface area contributed by atoms with Gasteiger partial charge in [-0.25, -0.2) is 9.97 Å². The van der Waals surface area contributed by atoms with Gasteiger partial charge in [0, 0.05) is 6.92 Å². The van der Waals surface area contributed by atoms with Crippen molar-refractivity contribution in [1.82, 2.24) is 19.9 Å². The van der Waals surface area contributed by atoms with Crippen LogP contribution in [0.4, 0.5) is 5.95 Å². The molecule has 2 heterocycles. The number of hydrogen-bond acceptors (Lipinski definition) is 4. The second-order valence-corrected chi connectivity index (χ2v) is 3.64. The van der Waals surface area contributed by atoms with Crippen LogP contribution in [-0.4, -0.2) is 25.8 Å². The number of imidazole rings is 1. The number of aromatic nitrogens is 4. The Hall–Kier alpha value is -1.25. The van der Waals surface area contributed by atoms with Gasteiger partial charge in [0.15, 0.2) is 5.65 Å². The molecule has 2 aromatic rings. The molecule has 0 saturated carbocycles. The number of hydrogen-bond donors (Lipinski definition) is 2. The van der Waals surface area contributed by atoms with Crippen LogP contribution in [0.25, 0.3) is 11.2 Å². The fourth-order valence-corrected chi connectivity index (χ4v) is 1.64. The molecule has 0 bridgehead atoms. The molecule has 0 aliphatic heterocycles. The molecule has 0 aromatic carbocycles. The molecule has 7 heteroatoms. The van der Waals surface area contributed by atoms with E-state index in [1.54, 1.807) is 6.33 Å². The van der Waals surface area contributed by atoms with E-state index in [2.05, 4.69) is 47.8 Å². The Balaban J connectivity index is 2.53. The summed E-state index contributed by atoms with van der Waals surface area (Å²) in [6.07, 6.45) is 1.54. The lowest BCUT2D eigenvalue weighted by molar-refractivity contribution is -0.114. The van der Waals surface area contributed by atoms with Crippen LogP contribution >= 0.6 is 22.6 Å². The molecule has 2 rings (SSSR count). The van der Waals surface area contributed by atoms with Crippen molar-refractivity contribution >= 4 is 45.6 Å². The second kappa shape index (κ2) is 3.48. The average molecular weight is 303 g/mol. The molecule has 14 heavy (non-hydrogen) atoms. The number of H-pyrrole nitrogens is 1. The van der Waals surface area contributed by atoms with Gasteiger partial charge < -0.3 is 4.98 Å². The van der Waals surface area contributed by atoms with E-state index in [1.165, 1.54) is 6.92 Å². The van der Waals surface area contributed by atoms with Crippen molar-refractivity contribution in [1.29, 1.82) is 0 Å². The molecule has 0 atom stereocenters. The molecule has 0 spiro atoms.